The highest BCUT2D eigenvalue weighted by Crippen LogP contribution is 2.41. The molecule has 0 saturated carbocycles. The number of pyridine rings is 1. The molecule has 1 aromatic heterocycles. The Balaban J connectivity index is 1.93. The molecular weight excluding hydrogens is 404 g/mol. The zero-order valence-electron chi connectivity index (χ0n) is 18.0. The van der Waals surface area contributed by atoms with Crippen molar-refractivity contribution in [1.82, 2.24) is 4.98 Å². The third kappa shape index (κ3) is 5.83. The number of nitrogens with one attached hydrogen (secondary N) is 1. The number of aliphatic imine (C=N–C) groups is 1. The number of nitriles is 1. The summed E-state index contributed by atoms with van der Waals surface area (Å²) < 4.78 is 0. The summed E-state index contributed by atoms with van der Waals surface area (Å²) in [6.07, 6.45) is 8.10. The number of allylic oxidation sites excluding steroid dienone is 1. The molecule has 1 N–H and O–H groups in total. The van der Waals surface area contributed by atoms with E-state index in [-0.39, 0.29) is 11.8 Å². The molecule has 160 valence electrons. The van der Waals surface area contributed by atoms with Gasteiger partial charge in [0.15, 0.2) is 0 Å². The smallest absolute Gasteiger partial charge is 0.254 e. The van der Waals surface area contributed by atoms with Crippen LogP contribution in [0.4, 0.5) is 5.69 Å². The first-order valence-corrected chi connectivity index (χ1v) is 11.7. The Morgan fingerprint density at radius 3 is 2.55 bits per heavy atom. The number of hydrogen-bond acceptors (Lipinski definition) is 5. The predicted octanol–water partition coefficient (Wildman–Crippen LogP) is 5.94. The van der Waals surface area contributed by atoms with Crippen molar-refractivity contribution in [2.75, 3.05) is 11.1 Å². The fourth-order valence-corrected chi connectivity index (χ4v) is 4.87. The minimum Gasteiger partial charge on any atom is -0.322 e. The zero-order valence-corrected chi connectivity index (χ0v) is 18.9. The van der Waals surface area contributed by atoms with Crippen LogP contribution in [0.1, 0.15) is 51.0 Å². The van der Waals surface area contributed by atoms with Crippen LogP contribution in [0.25, 0.3) is 0 Å². The fourth-order valence-electron chi connectivity index (χ4n) is 3.74. The van der Waals surface area contributed by atoms with Gasteiger partial charge < -0.3 is 5.32 Å². The van der Waals surface area contributed by atoms with Gasteiger partial charge in [0.1, 0.15) is 5.92 Å². The van der Waals surface area contributed by atoms with Crippen LogP contribution in [-0.2, 0) is 4.79 Å². The lowest BCUT2D eigenvalue weighted by atomic mass is 9.79. The molecule has 0 radical (unpaired) electrons. The minimum absolute atomic E-state index is 0.221. The Hall–Kier alpha value is -2.91. The van der Waals surface area contributed by atoms with Crippen LogP contribution in [0.3, 0.4) is 0 Å². The Labute approximate surface area is 188 Å². The van der Waals surface area contributed by atoms with Crippen LogP contribution >= 0.6 is 11.8 Å². The zero-order chi connectivity index (χ0) is 22.1. The Morgan fingerprint density at radius 2 is 1.87 bits per heavy atom. The minimum atomic E-state index is -0.501. The van der Waals surface area contributed by atoms with Crippen LogP contribution in [-0.4, -0.2) is 21.7 Å². The van der Waals surface area contributed by atoms with Gasteiger partial charge >= 0.3 is 0 Å². The summed E-state index contributed by atoms with van der Waals surface area (Å²) in [4.78, 5) is 22.1. The average molecular weight is 433 g/mol. The SMILES string of the molecule is CCCCCCSC1=NC(C)=C(C(=O)Nc2ccccc2)[C@H](c2ccncc2)C1C#N. The maximum atomic E-state index is 13.3. The first-order chi connectivity index (χ1) is 15.2. The number of para-hydroxylation sites is 1. The molecule has 1 amide bonds. The monoisotopic (exact) mass is 432 g/mol. The topological polar surface area (TPSA) is 78.1 Å². The largest absolute Gasteiger partial charge is 0.322 e. The van der Waals surface area contributed by atoms with E-state index < -0.39 is 5.92 Å². The number of unbranched alkanes of at least 4 members (excludes halogenated alkanes) is 3. The van der Waals surface area contributed by atoms with Crippen LogP contribution in [0.5, 0.6) is 0 Å². The highest BCUT2D eigenvalue weighted by Gasteiger charge is 2.38. The number of carbonyl (C=O) groups excluding carboxylic acids is 1. The Kier molecular flexibility index (Phi) is 8.43. The molecule has 0 fully saturated rings. The molecule has 1 aliphatic heterocycles. The maximum Gasteiger partial charge on any atom is 0.254 e. The lowest BCUT2D eigenvalue weighted by Crippen LogP contribution is -2.31. The summed E-state index contributed by atoms with van der Waals surface area (Å²) in [6.45, 7) is 4.05. The molecule has 0 saturated heterocycles. The van der Waals surface area contributed by atoms with Gasteiger partial charge in [-0.3, -0.25) is 9.78 Å². The molecule has 2 atom stereocenters. The van der Waals surface area contributed by atoms with Gasteiger partial charge in [-0.1, -0.05) is 44.4 Å². The average Bonchev–Trinajstić information content (AvgIpc) is 2.79. The van der Waals surface area contributed by atoms with Gasteiger partial charge in [0.05, 0.1) is 11.1 Å². The van der Waals surface area contributed by atoms with Crippen molar-refractivity contribution in [3.8, 4) is 6.07 Å². The summed E-state index contributed by atoms with van der Waals surface area (Å²) in [7, 11) is 0. The van der Waals surface area contributed by atoms with E-state index in [1.165, 1.54) is 19.3 Å². The normalized spacial score (nSPS) is 18.3. The third-order valence-corrected chi connectivity index (χ3v) is 6.44. The van der Waals surface area contributed by atoms with E-state index in [1.54, 1.807) is 24.2 Å². The molecule has 2 heterocycles. The second kappa shape index (κ2) is 11.5. The quantitative estimate of drug-likeness (QED) is 0.523. The summed E-state index contributed by atoms with van der Waals surface area (Å²) in [5.41, 5.74) is 2.82. The molecule has 0 aliphatic carbocycles. The van der Waals surface area contributed by atoms with Crippen molar-refractivity contribution in [3.05, 3.63) is 71.7 Å². The molecule has 0 bridgehead atoms. The van der Waals surface area contributed by atoms with Crippen molar-refractivity contribution in [3.63, 3.8) is 0 Å². The van der Waals surface area contributed by atoms with Gasteiger partial charge in [-0.15, -0.1) is 11.8 Å². The van der Waals surface area contributed by atoms with Crippen LogP contribution in [0.2, 0.25) is 0 Å². The van der Waals surface area contributed by atoms with E-state index in [0.717, 1.165) is 28.5 Å². The van der Waals surface area contributed by atoms with Gasteiger partial charge in [0.2, 0.25) is 0 Å². The van der Waals surface area contributed by atoms with Crippen molar-refractivity contribution < 1.29 is 4.79 Å². The maximum absolute atomic E-state index is 13.3. The molecule has 3 rings (SSSR count). The number of amides is 1. The van der Waals surface area contributed by atoms with Crippen molar-refractivity contribution in [2.24, 2.45) is 10.9 Å². The van der Waals surface area contributed by atoms with Gasteiger partial charge in [-0.05, 0) is 48.9 Å². The second-order valence-corrected chi connectivity index (χ2v) is 8.66. The molecular formula is C25H28N4OS. The predicted molar refractivity (Wildman–Crippen MR) is 128 cm³/mol. The fraction of sp³-hybridized carbons (Fsp3) is 0.360. The lowest BCUT2D eigenvalue weighted by Gasteiger charge is -2.30. The number of anilines is 1. The first kappa shape index (κ1) is 22.8. The molecule has 1 unspecified atom stereocenters. The van der Waals surface area contributed by atoms with Crippen molar-refractivity contribution >= 4 is 28.4 Å². The van der Waals surface area contributed by atoms with Gasteiger partial charge in [-0.2, -0.15) is 5.26 Å². The number of aromatic nitrogens is 1. The number of thioether (sulfide) groups is 1. The Bertz CT molecular complexity index is 980. The third-order valence-electron chi connectivity index (χ3n) is 5.31. The second-order valence-electron chi connectivity index (χ2n) is 7.54. The standard InChI is InChI=1S/C25H28N4OS/c1-3-4-5-9-16-31-25-21(17-26)23(19-12-14-27-15-13-19)22(18(2)28-25)24(30)29-20-10-7-6-8-11-20/h6-8,10-15,21,23H,3-5,9,16H2,1-2H3,(H,29,30)/t21?,23-/m1/s1. The molecule has 0 spiro atoms. The van der Waals surface area contributed by atoms with E-state index in [4.69, 9.17) is 4.99 Å². The van der Waals surface area contributed by atoms with Crippen molar-refractivity contribution in [1.29, 1.82) is 5.26 Å². The van der Waals surface area contributed by atoms with E-state index in [9.17, 15) is 10.1 Å². The lowest BCUT2D eigenvalue weighted by molar-refractivity contribution is -0.113. The summed E-state index contributed by atoms with van der Waals surface area (Å²) in [5, 5.41) is 13.9. The number of carbonyl (C=O) groups is 1. The number of benzene rings is 1. The molecule has 6 heteroatoms. The van der Waals surface area contributed by atoms with E-state index >= 15 is 0 Å². The van der Waals surface area contributed by atoms with E-state index in [0.29, 0.717) is 11.3 Å². The molecule has 31 heavy (non-hydrogen) atoms. The molecule has 5 nitrogen and oxygen atoms in total. The highest BCUT2D eigenvalue weighted by molar-refractivity contribution is 8.14. The van der Waals surface area contributed by atoms with Gasteiger partial charge in [0.25, 0.3) is 5.91 Å². The van der Waals surface area contributed by atoms with Crippen LogP contribution in [0, 0.1) is 17.2 Å². The van der Waals surface area contributed by atoms with E-state index in [1.807, 2.05) is 49.4 Å². The number of rotatable bonds is 8. The van der Waals surface area contributed by atoms with Gasteiger partial charge in [0, 0.05) is 35.3 Å². The van der Waals surface area contributed by atoms with Crippen LogP contribution in [0.15, 0.2) is 71.1 Å². The molecule has 1 aliphatic rings. The highest BCUT2D eigenvalue weighted by atomic mass is 32.2. The summed E-state index contributed by atoms with van der Waals surface area (Å²) >= 11 is 1.65. The Morgan fingerprint density at radius 1 is 1.13 bits per heavy atom. The van der Waals surface area contributed by atoms with Crippen LogP contribution < -0.4 is 5.32 Å². The number of nitrogens with zero attached hydrogens (tertiary/aromatic N) is 3. The van der Waals surface area contributed by atoms with Gasteiger partial charge in [-0.25, -0.2) is 4.99 Å². The molecule has 2 aromatic rings. The van der Waals surface area contributed by atoms with E-state index in [2.05, 4.69) is 23.3 Å². The molecule has 1 aromatic carbocycles. The summed E-state index contributed by atoms with van der Waals surface area (Å²) in [5.74, 6) is -0.175. The first-order valence-electron chi connectivity index (χ1n) is 10.7. The number of hydrogen-bond donors (Lipinski definition) is 1. The summed E-state index contributed by atoms with van der Waals surface area (Å²) in [6, 6.07) is 15.6. The van der Waals surface area contributed by atoms with Crippen molar-refractivity contribution in [2.45, 2.75) is 45.4 Å².